The highest BCUT2D eigenvalue weighted by atomic mass is 15.1. The maximum Gasteiger partial charge on any atom is 0.0547 e. The number of para-hydroxylation sites is 6. The third kappa shape index (κ3) is 6.38. The van der Waals surface area contributed by atoms with Gasteiger partial charge in [-0.15, -0.1) is 0 Å². The lowest BCUT2D eigenvalue weighted by Gasteiger charge is -2.25. The molecule has 3 nitrogen and oxygen atoms in total. The minimum Gasteiger partial charge on any atom is -0.311 e. The number of fused-ring (bicyclic) bond motifs is 6. The van der Waals surface area contributed by atoms with E-state index in [1.54, 1.807) is 0 Å². The highest BCUT2D eigenvalue weighted by molar-refractivity contribution is 6.11. The fourth-order valence-electron chi connectivity index (χ4n) is 9.54. The van der Waals surface area contributed by atoms with E-state index in [0.29, 0.717) is 0 Å². The van der Waals surface area contributed by atoms with E-state index in [1.807, 2.05) is 0 Å². The summed E-state index contributed by atoms with van der Waals surface area (Å²) < 4.78 is 4.80. The van der Waals surface area contributed by atoms with E-state index in [2.05, 4.69) is 263 Å². The van der Waals surface area contributed by atoms with Gasteiger partial charge in [-0.1, -0.05) is 146 Å². The normalized spacial score (nSPS) is 11.5. The summed E-state index contributed by atoms with van der Waals surface area (Å²) in [6.07, 6.45) is 0. The minimum atomic E-state index is 1.10. The average Bonchev–Trinajstić information content (AvgIpc) is 3.87. The first-order valence-electron chi connectivity index (χ1n) is 21.6. The maximum absolute atomic E-state index is 2.40. The van der Waals surface area contributed by atoms with Crippen molar-refractivity contribution in [2.75, 3.05) is 4.90 Å². The molecule has 0 saturated heterocycles. The van der Waals surface area contributed by atoms with Gasteiger partial charge in [0.2, 0.25) is 0 Å². The lowest BCUT2D eigenvalue weighted by atomic mass is 9.92. The Morgan fingerprint density at radius 3 is 1.00 bits per heavy atom. The minimum absolute atomic E-state index is 1.10. The Balaban J connectivity index is 1.05. The number of benzene rings is 10. The van der Waals surface area contributed by atoms with Crippen molar-refractivity contribution in [3.8, 4) is 44.8 Å². The van der Waals surface area contributed by atoms with E-state index < -0.39 is 0 Å². The van der Waals surface area contributed by atoms with Crippen molar-refractivity contribution in [3.63, 3.8) is 0 Å². The quantitative estimate of drug-likeness (QED) is 0.149. The Hall–Kier alpha value is -8.40. The Kier molecular flexibility index (Phi) is 8.83. The first-order valence-corrected chi connectivity index (χ1v) is 21.6. The van der Waals surface area contributed by atoms with Gasteiger partial charge in [0.1, 0.15) is 0 Å². The van der Waals surface area contributed by atoms with Crippen LogP contribution in [0.5, 0.6) is 0 Å². The van der Waals surface area contributed by atoms with Gasteiger partial charge in [0, 0.05) is 50.0 Å². The van der Waals surface area contributed by atoms with Crippen LogP contribution in [0.1, 0.15) is 0 Å². The summed E-state index contributed by atoms with van der Waals surface area (Å²) in [6, 6.07) is 90.2. The highest BCUT2D eigenvalue weighted by Crippen LogP contribution is 2.41. The van der Waals surface area contributed by atoms with Crippen LogP contribution in [-0.2, 0) is 0 Å². The Labute approximate surface area is 366 Å². The summed E-state index contributed by atoms with van der Waals surface area (Å²) in [4.78, 5) is 2.31. The molecule has 0 radical (unpaired) electrons. The van der Waals surface area contributed by atoms with Crippen LogP contribution < -0.4 is 4.90 Å². The van der Waals surface area contributed by atoms with Crippen LogP contribution in [0, 0.1) is 0 Å². The molecule has 0 amide bonds. The van der Waals surface area contributed by atoms with E-state index in [9.17, 15) is 0 Å². The lowest BCUT2D eigenvalue weighted by molar-refractivity contribution is 1.18. The van der Waals surface area contributed by atoms with Crippen LogP contribution in [0.3, 0.4) is 0 Å². The Bertz CT molecular complexity index is 3370. The fraction of sp³-hybridized carbons (Fsp3) is 0. The standard InChI is InChI=1S/C60H41N3/c1-5-17-48(18-6-1)61(49-19-7-2-8-20-49)52-33-29-42(30-34-52)45-37-46(43-31-35-55-53-25-13-15-27-57(53)62(59(55)40-43)50-21-9-3-10-22-50)39-47(38-45)44-32-36-56-54-26-14-16-28-58(54)63(60(56)41-44)51-23-11-4-12-24-51/h1-41H. The van der Waals surface area contributed by atoms with E-state index in [4.69, 9.17) is 0 Å². The Morgan fingerprint density at radius 1 is 0.222 bits per heavy atom. The van der Waals surface area contributed by atoms with Gasteiger partial charge in [0.25, 0.3) is 0 Å². The molecule has 3 heteroatoms. The molecular weight excluding hydrogens is 763 g/mol. The lowest BCUT2D eigenvalue weighted by Crippen LogP contribution is -2.09. The summed E-state index contributed by atoms with van der Waals surface area (Å²) in [5.41, 5.74) is 17.4. The zero-order valence-corrected chi connectivity index (χ0v) is 34.5. The molecule has 12 rings (SSSR count). The SMILES string of the molecule is c1ccc(N(c2ccccc2)c2ccc(-c3cc(-c4ccc5c6ccccc6n(-c6ccccc6)c5c4)cc(-c4ccc5c6ccccc6n(-c6ccccc6)c5c4)c3)cc2)cc1. The van der Waals surface area contributed by atoms with E-state index >= 15 is 0 Å². The molecule has 0 spiro atoms. The molecule has 12 aromatic rings. The van der Waals surface area contributed by atoms with Crippen LogP contribution in [-0.4, -0.2) is 9.13 Å². The van der Waals surface area contributed by atoms with Crippen molar-refractivity contribution < 1.29 is 0 Å². The van der Waals surface area contributed by atoms with Crippen molar-refractivity contribution in [1.82, 2.24) is 9.13 Å². The molecule has 0 N–H and O–H groups in total. The van der Waals surface area contributed by atoms with Gasteiger partial charge in [-0.2, -0.15) is 0 Å². The summed E-state index contributed by atoms with van der Waals surface area (Å²) in [5.74, 6) is 0. The van der Waals surface area contributed by atoms with Crippen molar-refractivity contribution in [1.29, 1.82) is 0 Å². The Morgan fingerprint density at radius 2 is 0.556 bits per heavy atom. The van der Waals surface area contributed by atoms with Gasteiger partial charge in [0.15, 0.2) is 0 Å². The number of aromatic nitrogens is 2. The van der Waals surface area contributed by atoms with Gasteiger partial charge in [-0.3, -0.25) is 0 Å². The van der Waals surface area contributed by atoms with Crippen molar-refractivity contribution >= 4 is 60.7 Å². The number of hydrogen-bond donors (Lipinski definition) is 0. The molecule has 0 atom stereocenters. The predicted molar refractivity (Wildman–Crippen MR) is 266 cm³/mol. The summed E-state index contributed by atoms with van der Waals surface area (Å²) in [5, 5.41) is 4.98. The van der Waals surface area contributed by atoms with Gasteiger partial charge in [0.05, 0.1) is 22.1 Å². The van der Waals surface area contributed by atoms with E-state index in [-0.39, 0.29) is 0 Å². The molecule has 0 aliphatic rings. The fourth-order valence-corrected chi connectivity index (χ4v) is 9.54. The van der Waals surface area contributed by atoms with Gasteiger partial charge >= 0.3 is 0 Å². The molecule has 2 aromatic heterocycles. The van der Waals surface area contributed by atoms with Crippen molar-refractivity contribution in [2.24, 2.45) is 0 Å². The second-order valence-corrected chi connectivity index (χ2v) is 16.2. The summed E-state index contributed by atoms with van der Waals surface area (Å²) >= 11 is 0. The van der Waals surface area contributed by atoms with Crippen LogP contribution in [0.25, 0.3) is 88.4 Å². The molecular formula is C60H41N3. The number of nitrogens with zero attached hydrogens (tertiary/aromatic N) is 3. The van der Waals surface area contributed by atoms with Crippen LogP contribution in [0.15, 0.2) is 249 Å². The molecule has 0 bridgehead atoms. The molecule has 296 valence electrons. The smallest absolute Gasteiger partial charge is 0.0547 e. The van der Waals surface area contributed by atoms with Crippen LogP contribution in [0.2, 0.25) is 0 Å². The van der Waals surface area contributed by atoms with Gasteiger partial charge < -0.3 is 14.0 Å². The molecule has 10 aromatic carbocycles. The molecule has 0 aliphatic heterocycles. The molecule has 0 fully saturated rings. The average molecular weight is 804 g/mol. The largest absolute Gasteiger partial charge is 0.311 e. The molecule has 2 heterocycles. The van der Waals surface area contributed by atoms with Gasteiger partial charge in [-0.25, -0.2) is 0 Å². The summed E-state index contributed by atoms with van der Waals surface area (Å²) in [6.45, 7) is 0. The number of rotatable bonds is 8. The molecule has 0 aliphatic carbocycles. The number of hydrogen-bond acceptors (Lipinski definition) is 1. The zero-order valence-electron chi connectivity index (χ0n) is 34.5. The van der Waals surface area contributed by atoms with Crippen molar-refractivity contribution in [3.05, 3.63) is 249 Å². The topological polar surface area (TPSA) is 13.1 Å². The molecule has 63 heavy (non-hydrogen) atoms. The van der Waals surface area contributed by atoms with Crippen molar-refractivity contribution in [2.45, 2.75) is 0 Å². The van der Waals surface area contributed by atoms with Crippen LogP contribution in [0.4, 0.5) is 17.1 Å². The number of anilines is 3. The zero-order chi connectivity index (χ0) is 41.7. The first-order chi connectivity index (χ1) is 31.2. The first kappa shape index (κ1) is 36.5. The van der Waals surface area contributed by atoms with Crippen LogP contribution >= 0.6 is 0 Å². The summed E-state index contributed by atoms with van der Waals surface area (Å²) in [7, 11) is 0. The molecule has 0 saturated carbocycles. The highest BCUT2D eigenvalue weighted by Gasteiger charge is 2.18. The monoisotopic (exact) mass is 803 g/mol. The van der Waals surface area contributed by atoms with E-state index in [1.165, 1.54) is 54.7 Å². The van der Waals surface area contributed by atoms with E-state index in [0.717, 1.165) is 50.7 Å². The maximum atomic E-state index is 2.40. The van der Waals surface area contributed by atoms with Gasteiger partial charge in [-0.05, 0) is 137 Å². The second-order valence-electron chi connectivity index (χ2n) is 16.2. The third-order valence-electron chi connectivity index (χ3n) is 12.5. The third-order valence-corrected chi connectivity index (χ3v) is 12.5. The second kappa shape index (κ2) is 15.3. The molecule has 0 unspecified atom stereocenters. The predicted octanol–water partition coefficient (Wildman–Crippen LogP) is 16.4.